The number of hydrogen-bond donors (Lipinski definition) is 9. The van der Waals surface area contributed by atoms with Crippen molar-refractivity contribution < 1.29 is 96.7 Å². The van der Waals surface area contributed by atoms with Gasteiger partial charge in [0.25, 0.3) is 11.8 Å². The maximum Gasteiger partial charge on any atom is 0.312 e. The van der Waals surface area contributed by atoms with E-state index in [1.54, 1.807) is 52.0 Å². The van der Waals surface area contributed by atoms with Crippen LogP contribution in [0.4, 0.5) is 10.5 Å². The van der Waals surface area contributed by atoms with Crippen LogP contribution >= 0.6 is 0 Å². The Hall–Kier alpha value is -6.67. The van der Waals surface area contributed by atoms with Gasteiger partial charge in [0, 0.05) is 62.0 Å². The van der Waals surface area contributed by atoms with Crippen LogP contribution in [0.25, 0.3) is 0 Å². The van der Waals surface area contributed by atoms with Gasteiger partial charge in [-0.2, -0.15) is 0 Å². The van der Waals surface area contributed by atoms with Gasteiger partial charge >= 0.3 is 12.0 Å². The molecule has 0 bridgehead atoms. The fraction of sp³-hybridized carbons (Fsp3) is 0.689. The standard InChI is InChI=1S/C61H93N9O20/c1-38(2)52(46(73)34-42(12-10-23-64-61(62)83)57(80)65-43-17-15-40(16-18-43)36-89-60(82)39(3)4)66-58(81)41(33-44(72)21-25-84-27-29-86-31-32-87-30-28-85-26-24-69-50(75)19-20-51(69)76)11-8-9-22-63-49(74)37-88-47-14-7-5-6-13-45-53(47)67-68-70(45)59-56(79)55(78)54(77)48(35-71)90-59/h15-20,38-39,41-42,47-48,52,54-56,59,71,77-79H,5-14,21-37H2,1-4H3,(H,63,74)(H,65,80)(H,66,81)(H3,62,64,83)/t41-,42+,47?,48+,52-,54-,55-,56+,59+/m0/s1. The van der Waals surface area contributed by atoms with Crippen molar-refractivity contribution in [2.45, 2.75) is 161 Å². The number of nitrogens with two attached hydrogens (primary N) is 1. The summed E-state index contributed by atoms with van der Waals surface area (Å²) in [6.07, 6.45) is -1.10. The first-order chi connectivity index (χ1) is 43.2. The number of amides is 7. The summed E-state index contributed by atoms with van der Waals surface area (Å²) in [6, 6.07) is 4.88. The Kier molecular flexibility index (Phi) is 32.6. The van der Waals surface area contributed by atoms with Crippen molar-refractivity contribution in [2.24, 2.45) is 29.4 Å². The molecule has 0 saturated carbocycles. The molecule has 90 heavy (non-hydrogen) atoms. The zero-order valence-corrected chi connectivity index (χ0v) is 52.1. The molecule has 3 heterocycles. The number of urea groups is 1. The normalized spacial score (nSPS) is 20.2. The molecule has 1 unspecified atom stereocenters. The van der Waals surface area contributed by atoms with Gasteiger partial charge in [-0.05, 0) is 68.6 Å². The molecule has 3 aliphatic rings. The van der Waals surface area contributed by atoms with Crippen molar-refractivity contribution in [3.8, 4) is 0 Å². The summed E-state index contributed by atoms with van der Waals surface area (Å²) in [6.45, 7) is 8.23. The van der Waals surface area contributed by atoms with Crippen LogP contribution < -0.4 is 27.0 Å². The number of nitrogens with zero attached hydrogens (tertiary/aromatic N) is 4. The number of aliphatic hydroxyl groups is 4. The third-order valence-corrected chi connectivity index (χ3v) is 15.4. The second-order valence-corrected chi connectivity index (χ2v) is 23.1. The van der Waals surface area contributed by atoms with Crippen LogP contribution in [0, 0.1) is 23.7 Å². The highest BCUT2D eigenvalue weighted by atomic mass is 16.6. The molecule has 29 nitrogen and oxygen atoms in total. The summed E-state index contributed by atoms with van der Waals surface area (Å²) in [5, 5.41) is 61.0. The smallest absolute Gasteiger partial charge is 0.312 e. The van der Waals surface area contributed by atoms with Crippen LogP contribution in [0.15, 0.2) is 36.4 Å². The van der Waals surface area contributed by atoms with Crippen molar-refractivity contribution in [1.29, 1.82) is 0 Å². The molecule has 0 radical (unpaired) electrons. The number of esters is 1. The average Bonchev–Trinajstić information content (AvgIpc) is 1.68. The number of nitrogens with one attached hydrogen (secondary N) is 4. The van der Waals surface area contributed by atoms with E-state index in [0.29, 0.717) is 54.7 Å². The molecule has 1 fully saturated rings. The molecule has 502 valence electrons. The lowest BCUT2D eigenvalue weighted by Gasteiger charge is -2.40. The average molecular weight is 1270 g/mol. The van der Waals surface area contributed by atoms with E-state index in [1.807, 2.05) is 0 Å². The molecule has 10 N–H and O–H groups in total. The van der Waals surface area contributed by atoms with Crippen molar-refractivity contribution >= 4 is 58.8 Å². The van der Waals surface area contributed by atoms with Gasteiger partial charge in [-0.15, -0.1) is 5.10 Å². The fourth-order valence-corrected chi connectivity index (χ4v) is 10.2. The van der Waals surface area contributed by atoms with Crippen molar-refractivity contribution in [2.75, 3.05) is 91.0 Å². The summed E-state index contributed by atoms with van der Waals surface area (Å²) >= 11 is 0. The highest BCUT2D eigenvalue weighted by molar-refractivity contribution is 6.12. The first kappa shape index (κ1) is 74.1. The minimum atomic E-state index is -1.62. The van der Waals surface area contributed by atoms with E-state index in [9.17, 15) is 63.6 Å². The number of aromatic nitrogens is 3. The van der Waals surface area contributed by atoms with Gasteiger partial charge in [0.05, 0.1) is 83.7 Å². The number of fused-ring (bicyclic) bond motifs is 1. The molecule has 1 aromatic heterocycles. The number of carbonyl (C=O) groups excluding carboxylic acids is 9. The monoisotopic (exact) mass is 1270 g/mol. The molecular weight excluding hydrogens is 1180 g/mol. The third kappa shape index (κ3) is 24.8. The minimum Gasteiger partial charge on any atom is -0.461 e. The molecule has 5 rings (SSSR count). The van der Waals surface area contributed by atoms with Gasteiger partial charge in [0.15, 0.2) is 12.0 Å². The number of benzene rings is 1. The number of primary amides is 1. The first-order valence-corrected chi connectivity index (χ1v) is 31.1. The second kappa shape index (κ2) is 39.6. The van der Waals surface area contributed by atoms with E-state index in [0.717, 1.165) is 24.2 Å². The number of anilines is 1. The molecule has 1 aliphatic carbocycles. The molecule has 1 saturated heterocycles. The number of hydrogen-bond acceptors (Lipinski definition) is 22. The van der Waals surface area contributed by atoms with Crippen molar-refractivity contribution in [1.82, 2.24) is 35.8 Å². The molecule has 7 amide bonds. The quantitative estimate of drug-likeness (QED) is 0.0256. The van der Waals surface area contributed by atoms with E-state index >= 15 is 0 Å². The molecule has 2 aromatic rings. The van der Waals surface area contributed by atoms with Crippen LogP contribution in [0.5, 0.6) is 0 Å². The van der Waals surface area contributed by atoms with Gasteiger partial charge < -0.3 is 80.6 Å². The van der Waals surface area contributed by atoms with Crippen LogP contribution in [0.3, 0.4) is 0 Å². The van der Waals surface area contributed by atoms with Crippen LogP contribution in [0.1, 0.15) is 134 Å². The Balaban J connectivity index is 1.14. The van der Waals surface area contributed by atoms with E-state index < -0.39 is 96.7 Å². The van der Waals surface area contributed by atoms with Crippen LogP contribution in [-0.2, 0) is 84.5 Å². The lowest BCUT2D eigenvalue weighted by Crippen LogP contribution is -2.56. The Labute approximate surface area is 524 Å². The Morgan fingerprint density at radius 2 is 1.38 bits per heavy atom. The maximum atomic E-state index is 14.3. The lowest BCUT2D eigenvalue weighted by molar-refractivity contribution is -0.254. The molecular formula is C61H93N9O20. The SMILES string of the molecule is CC(C)C(=O)OCc1ccc(NC(=O)[C@H](CCCNC(N)=O)CC(=O)[C@@H](NC(=O)[C@@H](CCCCNC(=O)COC2CCCCCc3c2nnn3[C@@H]2O[C@H](CO)[C@H](O)[C@H](O)[C@H]2O)CC(=O)CCOCCOCCOCCOCCN2C(=O)C=CC2=O)C(C)C)cc1. The summed E-state index contributed by atoms with van der Waals surface area (Å²) in [5.74, 6) is -5.78. The summed E-state index contributed by atoms with van der Waals surface area (Å²) < 4.78 is 40.6. The van der Waals surface area contributed by atoms with E-state index in [1.165, 1.54) is 16.8 Å². The van der Waals surface area contributed by atoms with E-state index in [4.69, 9.17) is 38.9 Å². The van der Waals surface area contributed by atoms with Gasteiger partial charge in [-0.1, -0.05) is 64.3 Å². The third-order valence-electron chi connectivity index (χ3n) is 15.4. The Morgan fingerprint density at radius 3 is 2.02 bits per heavy atom. The molecule has 2 aliphatic heterocycles. The summed E-state index contributed by atoms with van der Waals surface area (Å²) in [5.41, 5.74) is 7.39. The summed E-state index contributed by atoms with van der Waals surface area (Å²) in [4.78, 5) is 117. The second-order valence-electron chi connectivity index (χ2n) is 23.1. The van der Waals surface area contributed by atoms with Gasteiger partial charge in [-0.25, -0.2) is 9.48 Å². The Bertz CT molecular complexity index is 2640. The molecule has 0 spiro atoms. The number of aliphatic hydroxyl groups excluding tert-OH is 4. The molecule has 9 atom stereocenters. The van der Waals surface area contributed by atoms with E-state index in [2.05, 4.69) is 31.6 Å². The first-order valence-electron chi connectivity index (χ1n) is 31.1. The highest BCUT2D eigenvalue weighted by Gasteiger charge is 2.46. The largest absolute Gasteiger partial charge is 0.461 e. The Morgan fingerprint density at radius 1 is 0.744 bits per heavy atom. The predicted molar refractivity (Wildman–Crippen MR) is 320 cm³/mol. The predicted octanol–water partition coefficient (Wildman–Crippen LogP) is 1.17. The van der Waals surface area contributed by atoms with Crippen LogP contribution in [0.2, 0.25) is 0 Å². The van der Waals surface area contributed by atoms with E-state index in [-0.39, 0.29) is 147 Å². The van der Waals surface area contributed by atoms with Gasteiger partial charge in [0.1, 0.15) is 55.2 Å². The zero-order valence-electron chi connectivity index (χ0n) is 52.1. The summed E-state index contributed by atoms with van der Waals surface area (Å²) in [7, 11) is 0. The zero-order chi connectivity index (χ0) is 65.5. The highest BCUT2D eigenvalue weighted by Crippen LogP contribution is 2.34. The minimum absolute atomic E-state index is 0.0195. The molecule has 29 heteroatoms. The number of rotatable bonds is 42. The van der Waals surface area contributed by atoms with Gasteiger partial charge in [-0.3, -0.25) is 43.3 Å². The fourth-order valence-electron chi connectivity index (χ4n) is 10.2. The number of Topliss-reactive ketones (excluding diaryl/α,β-unsaturated/α-hetero) is 2. The number of imide groups is 1. The lowest BCUT2D eigenvalue weighted by atomic mass is 9.88. The van der Waals surface area contributed by atoms with Crippen molar-refractivity contribution in [3.63, 3.8) is 0 Å². The topological polar surface area (TPSA) is 407 Å². The maximum absolute atomic E-state index is 14.3. The van der Waals surface area contributed by atoms with Crippen molar-refractivity contribution in [3.05, 3.63) is 53.4 Å². The number of ketones is 2. The van der Waals surface area contributed by atoms with Gasteiger partial charge in [0.2, 0.25) is 17.7 Å². The molecule has 1 aromatic carbocycles. The van der Waals surface area contributed by atoms with Crippen LogP contribution in [-0.4, -0.2) is 210 Å². The number of carbonyl (C=O) groups is 9. The number of unbranched alkanes of at least 4 members (excludes halogenated alkanes) is 1. The number of ether oxygens (including phenoxy) is 7.